The third-order valence-corrected chi connectivity index (χ3v) is 4.66. The van der Waals surface area contributed by atoms with Crippen molar-refractivity contribution in [1.82, 2.24) is 10.2 Å². The number of hydrogen-bond acceptors (Lipinski definition) is 4. The standard InChI is InChI=1S/C20H26N2O3/c1-2-21-14-16-8-11-22(12-9-16)20(23)19-17(10-13-24-19)15-25-18-6-4-3-5-7-18/h3-7,10,13,16,21H,2,8-9,11-12,14-15H2,1H3. The van der Waals surface area contributed by atoms with Crippen molar-refractivity contribution in [3.05, 3.63) is 54.0 Å². The first kappa shape index (κ1) is 17.5. The SMILES string of the molecule is CCNCC1CCN(C(=O)c2occc2COc2ccccc2)CC1. The minimum Gasteiger partial charge on any atom is -0.489 e. The number of furan rings is 1. The molecular formula is C20H26N2O3. The lowest BCUT2D eigenvalue weighted by Gasteiger charge is -2.31. The van der Waals surface area contributed by atoms with Crippen LogP contribution in [0.25, 0.3) is 0 Å². The van der Waals surface area contributed by atoms with E-state index in [0.29, 0.717) is 18.3 Å². The number of hydrogen-bond donors (Lipinski definition) is 1. The molecule has 1 aromatic carbocycles. The molecule has 0 saturated carbocycles. The van der Waals surface area contributed by atoms with E-state index in [2.05, 4.69) is 12.2 Å². The predicted octanol–water partition coefficient (Wildman–Crippen LogP) is 3.32. The number of nitrogens with one attached hydrogen (secondary N) is 1. The maximum atomic E-state index is 12.8. The second-order valence-corrected chi connectivity index (χ2v) is 6.42. The molecule has 1 amide bonds. The molecule has 1 saturated heterocycles. The largest absolute Gasteiger partial charge is 0.489 e. The van der Waals surface area contributed by atoms with Crippen molar-refractivity contribution < 1.29 is 13.9 Å². The van der Waals surface area contributed by atoms with Crippen molar-refractivity contribution in [2.24, 2.45) is 5.92 Å². The van der Waals surface area contributed by atoms with Crippen molar-refractivity contribution in [2.75, 3.05) is 26.2 Å². The van der Waals surface area contributed by atoms with E-state index in [1.165, 1.54) is 0 Å². The molecule has 0 radical (unpaired) electrons. The second kappa shape index (κ2) is 8.72. The molecule has 5 nitrogen and oxygen atoms in total. The summed E-state index contributed by atoms with van der Waals surface area (Å²) in [6, 6.07) is 11.4. The van der Waals surface area contributed by atoms with E-state index in [1.54, 1.807) is 6.26 Å². The third kappa shape index (κ3) is 4.63. The summed E-state index contributed by atoms with van der Waals surface area (Å²) >= 11 is 0. The van der Waals surface area contributed by atoms with Gasteiger partial charge in [0, 0.05) is 18.7 Å². The number of carbonyl (C=O) groups is 1. The van der Waals surface area contributed by atoms with E-state index < -0.39 is 0 Å². The Balaban J connectivity index is 1.56. The molecule has 3 rings (SSSR count). The Hall–Kier alpha value is -2.27. The lowest BCUT2D eigenvalue weighted by molar-refractivity contribution is 0.0654. The van der Waals surface area contributed by atoms with E-state index in [9.17, 15) is 4.79 Å². The highest BCUT2D eigenvalue weighted by Gasteiger charge is 2.26. The molecule has 1 aliphatic heterocycles. The quantitative estimate of drug-likeness (QED) is 0.839. The number of rotatable bonds is 7. The lowest BCUT2D eigenvalue weighted by atomic mass is 9.96. The van der Waals surface area contributed by atoms with Crippen LogP contribution in [0, 0.1) is 5.92 Å². The maximum Gasteiger partial charge on any atom is 0.289 e. The summed E-state index contributed by atoms with van der Waals surface area (Å²) in [5, 5.41) is 3.39. The normalized spacial score (nSPS) is 15.3. The van der Waals surface area contributed by atoms with E-state index in [1.807, 2.05) is 41.3 Å². The summed E-state index contributed by atoms with van der Waals surface area (Å²) in [5.74, 6) is 1.81. The summed E-state index contributed by atoms with van der Waals surface area (Å²) < 4.78 is 11.2. The molecular weight excluding hydrogens is 316 g/mol. The summed E-state index contributed by atoms with van der Waals surface area (Å²) in [7, 11) is 0. The topological polar surface area (TPSA) is 54.7 Å². The van der Waals surface area contributed by atoms with Crippen molar-refractivity contribution in [3.63, 3.8) is 0 Å². The number of nitrogens with zero attached hydrogens (tertiary/aromatic N) is 1. The molecule has 134 valence electrons. The van der Waals surface area contributed by atoms with Crippen LogP contribution in [0.3, 0.4) is 0 Å². The number of piperidine rings is 1. The van der Waals surface area contributed by atoms with Crippen molar-refractivity contribution >= 4 is 5.91 Å². The van der Waals surface area contributed by atoms with Crippen LogP contribution in [-0.2, 0) is 6.61 Å². The monoisotopic (exact) mass is 342 g/mol. The summed E-state index contributed by atoms with van der Waals surface area (Å²) in [6.45, 7) is 6.06. The average Bonchev–Trinajstić information content (AvgIpc) is 3.14. The molecule has 0 bridgehead atoms. The van der Waals surface area contributed by atoms with Crippen LogP contribution in [0.2, 0.25) is 0 Å². The van der Waals surface area contributed by atoms with Gasteiger partial charge in [-0.15, -0.1) is 0 Å². The first-order valence-electron chi connectivity index (χ1n) is 9.02. The van der Waals surface area contributed by atoms with Gasteiger partial charge in [0.1, 0.15) is 12.4 Å². The maximum absolute atomic E-state index is 12.8. The van der Waals surface area contributed by atoms with Gasteiger partial charge < -0.3 is 19.4 Å². The highest BCUT2D eigenvalue weighted by molar-refractivity contribution is 5.93. The molecule has 1 aromatic heterocycles. The fourth-order valence-electron chi connectivity index (χ4n) is 3.15. The zero-order valence-corrected chi connectivity index (χ0v) is 14.7. The van der Waals surface area contributed by atoms with Gasteiger partial charge in [-0.3, -0.25) is 4.79 Å². The zero-order chi connectivity index (χ0) is 17.5. The Bertz CT molecular complexity index is 661. The minimum absolute atomic E-state index is 0.0291. The molecule has 1 N–H and O–H groups in total. The van der Waals surface area contributed by atoms with Gasteiger partial charge >= 0.3 is 0 Å². The van der Waals surface area contributed by atoms with Gasteiger partial charge in [0.2, 0.25) is 0 Å². The van der Waals surface area contributed by atoms with Crippen LogP contribution >= 0.6 is 0 Å². The number of likely N-dealkylation sites (tertiary alicyclic amines) is 1. The van der Waals surface area contributed by atoms with Gasteiger partial charge in [0.15, 0.2) is 5.76 Å². The first-order chi connectivity index (χ1) is 12.3. The van der Waals surface area contributed by atoms with Crippen LogP contribution in [0.15, 0.2) is 47.1 Å². The molecule has 5 heteroatoms. The van der Waals surface area contributed by atoms with E-state index >= 15 is 0 Å². The molecule has 0 unspecified atom stereocenters. The number of carbonyl (C=O) groups excluding carboxylic acids is 1. The molecule has 25 heavy (non-hydrogen) atoms. The first-order valence-corrected chi connectivity index (χ1v) is 9.02. The molecule has 0 aliphatic carbocycles. The van der Waals surface area contributed by atoms with Gasteiger partial charge in [0.05, 0.1) is 6.26 Å². The predicted molar refractivity (Wildman–Crippen MR) is 96.7 cm³/mol. The Kier molecular flexibility index (Phi) is 6.12. The Labute approximate surface area is 149 Å². The van der Waals surface area contributed by atoms with Gasteiger partial charge in [0.25, 0.3) is 5.91 Å². The van der Waals surface area contributed by atoms with Gasteiger partial charge in [-0.25, -0.2) is 0 Å². The van der Waals surface area contributed by atoms with Crippen molar-refractivity contribution in [1.29, 1.82) is 0 Å². The van der Waals surface area contributed by atoms with Gasteiger partial charge in [-0.1, -0.05) is 25.1 Å². The van der Waals surface area contributed by atoms with Crippen molar-refractivity contribution in [2.45, 2.75) is 26.4 Å². The fourth-order valence-corrected chi connectivity index (χ4v) is 3.15. The summed E-state index contributed by atoms with van der Waals surface area (Å²) in [5.41, 5.74) is 0.795. The second-order valence-electron chi connectivity index (χ2n) is 6.42. The number of benzene rings is 1. The summed E-state index contributed by atoms with van der Waals surface area (Å²) in [4.78, 5) is 14.7. The fraction of sp³-hybridized carbons (Fsp3) is 0.450. The number of para-hydroxylation sites is 1. The van der Waals surface area contributed by atoms with E-state index in [-0.39, 0.29) is 5.91 Å². The Morgan fingerprint density at radius 2 is 2.00 bits per heavy atom. The van der Waals surface area contributed by atoms with Gasteiger partial charge in [-0.2, -0.15) is 0 Å². The summed E-state index contributed by atoms with van der Waals surface area (Å²) in [6.07, 6.45) is 3.64. The van der Waals surface area contributed by atoms with E-state index in [4.69, 9.17) is 9.15 Å². The van der Waals surface area contributed by atoms with Crippen molar-refractivity contribution in [3.8, 4) is 5.75 Å². The number of amides is 1. The molecule has 0 atom stereocenters. The Morgan fingerprint density at radius 1 is 1.24 bits per heavy atom. The van der Waals surface area contributed by atoms with Crippen LogP contribution in [-0.4, -0.2) is 37.0 Å². The molecule has 2 aromatic rings. The minimum atomic E-state index is -0.0291. The van der Waals surface area contributed by atoms with Crippen LogP contribution in [0.1, 0.15) is 35.9 Å². The zero-order valence-electron chi connectivity index (χ0n) is 14.7. The highest BCUT2D eigenvalue weighted by Crippen LogP contribution is 2.21. The van der Waals surface area contributed by atoms with E-state index in [0.717, 1.165) is 50.3 Å². The van der Waals surface area contributed by atoms with Crippen LogP contribution in [0.4, 0.5) is 0 Å². The van der Waals surface area contributed by atoms with Crippen LogP contribution in [0.5, 0.6) is 5.75 Å². The molecule has 1 fully saturated rings. The molecule has 2 heterocycles. The van der Waals surface area contributed by atoms with Crippen LogP contribution < -0.4 is 10.1 Å². The lowest BCUT2D eigenvalue weighted by Crippen LogP contribution is -2.41. The smallest absolute Gasteiger partial charge is 0.289 e. The highest BCUT2D eigenvalue weighted by atomic mass is 16.5. The Morgan fingerprint density at radius 3 is 2.72 bits per heavy atom. The molecule has 1 aliphatic rings. The molecule has 0 spiro atoms. The average molecular weight is 342 g/mol. The number of ether oxygens (including phenoxy) is 1. The third-order valence-electron chi connectivity index (χ3n) is 4.66. The van der Waals surface area contributed by atoms with Gasteiger partial charge in [-0.05, 0) is 50.0 Å².